The quantitative estimate of drug-likeness (QED) is 0.395. The van der Waals surface area contributed by atoms with Crippen molar-refractivity contribution in [1.82, 2.24) is 19.7 Å². The van der Waals surface area contributed by atoms with E-state index in [9.17, 15) is 8.42 Å². The Balaban J connectivity index is 1.38. The number of benzene rings is 2. The Labute approximate surface area is 183 Å². The summed E-state index contributed by atoms with van der Waals surface area (Å²) in [5, 5.41) is 11.2. The van der Waals surface area contributed by atoms with Crippen molar-refractivity contribution in [1.29, 1.82) is 0 Å². The summed E-state index contributed by atoms with van der Waals surface area (Å²) in [6, 6.07) is 14.8. The summed E-state index contributed by atoms with van der Waals surface area (Å²) in [5.74, 6) is 1.26. The van der Waals surface area contributed by atoms with Gasteiger partial charge in [-0.3, -0.25) is 4.57 Å². The van der Waals surface area contributed by atoms with Crippen molar-refractivity contribution < 1.29 is 8.42 Å². The standard InChI is InChI=1S/C21H19ClN4O2S2/c22-14-5-9-16(10-6-14)30(27,28)12-11-29-21-25-24-20(26(21)15-7-8-15)18-13-23-19-4-2-1-3-17(18)19/h1-6,9-10,13,15,23H,7-8,11-12H2. The van der Waals surface area contributed by atoms with Crippen LogP contribution in [0.4, 0.5) is 0 Å². The maximum absolute atomic E-state index is 12.6. The van der Waals surface area contributed by atoms with Crippen molar-refractivity contribution in [2.45, 2.75) is 28.9 Å². The molecular formula is C21H19ClN4O2S2. The first kappa shape index (κ1) is 19.7. The number of fused-ring (bicyclic) bond motifs is 1. The van der Waals surface area contributed by atoms with Crippen LogP contribution in [-0.4, -0.2) is 39.7 Å². The smallest absolute Gasteiger partial charge is 0.191 e. The molecule has 2 heterocycles. The molecule has 9 heteroatoms. The molecule has 6 nitrogen and oxygen atoms in total. The van der Waals surface area contributed by atoms with Crippen LogP contribution in [0.2, 0.25) is 5.02 Å². The lowest BCUT2D eigenvalue weighted by Crippen LogP contribution is -2.09. The summed E-state index contributed by atoms with van der Waals surface area (Å²) in [6.45, 7) is 0. The molecule has 1 N–H and O–H groups in total. The fraction of sp³-hybridized carbons (Fsp3) is 0.238. The molecule has 0 unspecified atom stereocenters. The average Bonchev–Trinajstić information content (AvgIpc) is 3.35. The second kappa shape index (κ2) is 7.76. The van der Waals surface area contributed by atoms with Gasteiger partial charge in [0.2, 0.25) is 0 Å². The molecular weight excluding hydrogens is 440 g/mol. The van der Waals surface area contributed by atoms with Gasteiger partial charge in [-0.25, -0.2) is 8.42 Å². The average molecular weight is 459 g/mol. The Bertz CT molecular complexity index is 1310. The molecule has 1 aliphatic carbocycles. The number of H-pyrrole nitrogens is 1. The third kappa shape index (κ3) is 3.75. The first-order valence-corrected chi connectivity index (χ1v) is 12.7. The third-order valence-electron chi connectivity index (χ3n) is 5.16. The predicted octanol–water partition coefficient (Wildman–Crippen LogP) is 4.98. The van der Waals surface area contributed by atoms with Crippen molar-refractivity contribution in [2.24, 2.45) is 0 Å². The fourth-order valence-electron chi connectivity index (χ4n) is 3.48. The molecule has 0 amide bonds. The summed E-state index contributed by atoms with van der Waals surface area (Å²) in [6.07, 6.45) is 4.14. The van der Waals surface area contributed by atoms with Crippen molar-refractivity contribution in [3.8, 4) is 11.4 Å². The number of nitrogens with one attached hydrogen (secondary N) is 1. The number of para-hydroxylation sites is 1. The first-order chi connectivity index (χ1) is 14.5. The highest BCUT2D eigenvalue weighted by atomic mass is 35.5. The Hall–Kier alpha value is -2.29. The van der Waals surface area contributed by atoms with Crippen molar-refractivity contribution in [3.63, 3.8) is 0 Å². The van der Waals surface area contributed by atoms with Crippen LogP contribution in [-0.2, 0) is 9.84 Å². The van der Waals surface area contributed by atoms with E-state index in [1.54, 1.807) is 24.3 Å². The van der Waals surface area contributed by atoms with Crippen molar-refractivity contribution >= 4 is 44.1 Å². The monoisotopic (exact) mass is 458 g/mol. The van der Waals surface area contributed by atoms with E-state index in [1.807, 2.05) is 24.4 Å². The van der Waals surface area contributed by atoms with Crippen LogP contribution >= 0.6 is 23.4 Å². The molecule has 1 fully saturated rings. The number of thioether (sulfide) groups is 1. The van der Waals surface area contributed by atoms with Gasteiger partial charge in [0.25, 0.3) is 0 Å². The van der Waals surface area contributed by atoms with Gasteiger partial charge in [0.15, 0.2) is 20.8 Å². The zero-order valence-electron chi connectivity index (χ0n) is 16.0. The molecule has 0 atom stereocenters. The predicted molar refractivity (Wildman–Crippen MR) is 120 cm³/mol. The second-order valence-corrected chi connectivity index (χ2v) is 10.9. The lowest BCUT2D eigenvalue weighted by molar-refractivity contribution is 0.597. The molecule has 2 aromatic carbocycles. The number of nitrogens with zero attached hydrogens (tertiary/aromatic N) is 3. The summed E-state index contributed by atoms with van der Waals surface area (Å²) in [4.78, 5) is 3.58. The van der Waals surface area contributed by atoms with Crippen LogP contribution < -0.4 is 0 Å². The number of aromatic amines is 1. The Kier molecular flexibility index (Phi) is 5.08. The highest BCUT2D eigenvalue weighted by Crippen LogP contribution is 2.42. The summed E-state index contributed by atoms with van der Waals surface area (Å²) in [5.41, 5.74) is 2.08. The second-order valence-electron chi connectivity index (χ2n) is 7.28. The van der Waals surface area contributed by atoms with Gasteiger partial charge in [-0.1, -0.05) is 41.6 Å². The van der Waals surface area contributed by atoms with E-state index < -0.39 is 9.84 Å². The lowest BCUT2D eigenvalue weighted by Gasteiger charge is -2.09. The van der Waals surface area contributed by atoms with Crippen LogP contribution in [0.3, 0.4) is 0 Å². The normalized spacial score (nSPS) is 14.4. The number of hydrogen-bond acceptors (Lipinski definition) is 5. The summed E-state index contributed by atoms with van der Waals surface area (Å²) < 4.78 is 27.4. The molecule has 4 aromatic rings. The number of sulfone groups is 1. The SMILES string of the molecule is O=S(=O)(CCSc1nnc(-c2c[nH]c3ccccc23)n1C1CC1)c1ccc(Cl)cc1. The highest BCUT2D eigenvalue weighted by Gasteiger charge is 2.31. The van der Waals surface area contributed by atoms with Gasteiger partial charge in [-0.15, -0.1) is 10.2 Å². The van der Waals surface area contributed by atoms with Crippen LogP contribution in [0.25, 0.3) is 22.3 Å². The minimum absolute atomic E-state index is 0.0270. The molecule has 2 aromatic heterocycles. The van der Waals surface area contributed by atoms with Crippen LogP contribution in [0, 0.1) is 0 Å². The summed E-state index contributed by atoms with van der Waals surface area (Å²) >= 11 is 7.30. The number of halogens is 1. The van der Waals surface area contributed by atoms with Crippen LogP contribution in [0.5, 0.6) is 0 Å². The van der Waals surface area contributed by atoms with Crippen LogP contribution in [0.15, 0.2) is 64.8 Å². The molecule has 0 aliphatic heterocycles. The summed E-state index contributed by atoms with van der Waals surface area (Å²) in [7, 11) is -3.37. The van der Waals surface area contributed by atoms with Gasteiger partial charge in [0, 0.05) is 39.5 Å². The Morgan fingerprint density at radius 1 is 1.10 bits per heavy atom. The first-order valence-electron chi connectivity index (χ1n) is 9.65. The van der Waals surface area contributed by atoms with Crippen LogP contribution in [0.1, 0.15) is 18.9 Å². The van der Waals surface area contributed by atoms with Crippen molar-refractivity contribution in [2.75, 3.05) is 11.5 Å². The number of aromatic nitrogens is 4. The van der Waals surface area contributed by atoms with Gasteiger partial charge < -0.3 is 4.98 Å². The molecule has 1 saturated carbocycles. The van der Waals surface area contributed by atoms with E-state index in [4.69, 9.17) is 11.6 Å². The van der Waals surface area contributed by atoms with Gasteiger partial charge in [-0.05, 0) is 43.2 Å². The molecule has 0 spiro atoms. The zero-order chi connectivity index (χ0) is 20.7. The molecule has 1 aliphatic rings. The van der Waals surface area contributed by atoms with Gasteiger partial charge in [0.05, 0.1) is 10.6 Å². The van der Waals surface area contributed by atoms with E-state index in [0.29, 0.717) is 16.8 Å². The lowest BCUT2D eigenvalue weighted by atomic mass is 10.1. The maximum atomic E-state index is 12.6. The topological polar surface area (TPSA) is 80.6 Å². The molecule has 0 bridgehead atoms. The zero-order valence-corrected chi connectivity index (χ0v) is 18.3. The van der Waals surface area contributed by atoms with E-state index >= 15 is 0 Å². The van der Waals surface area contributed by atoms with E-state index in [-0.39, 0.29) is 10.6 Å². The van der Waals surface area contributed by atoms with Gasteiger partial charge >= 0.3 is 0 Å². The van der Waals surface area contributed by atoms with Gasteiger partial charge in [0.1, 0.15) is 0 Å². The van der Waals surface area contributed by atoms with Gasteiger partial charge in [-0.2, -0.15) is 0 Å². The molecule has 5 rings (SSSR count). The van der Waals surface area contributed by atoms with E-state index in [0.717, 1.165) is 40.3 Å². The maximum Gasteiger partial charge on any atom is 0.191 e. The minimum atomic E-state index is -3.37. The van der Waals surface area contributed by atoms with Crippen molar-refractivity contribution in [3.05, 3.63) is 59.8 Å². The fourth-order valence-corrected chi connectivity index (χ4v) is 6.26. The van der Waals surface area contributed by atoms with E-state index in [1.165, 1.54) is 11.8 Å². The highest BCUT2D eigenvalue weighted by molar-refractivity contribution is 8.00. The molecule has 154 valence electrons. The number of rotatable bonds is 7. The van der Waals surface area contributed by atoms with E-state index in [2.05, 4.69) is 25.8 Å². The minimum Gasteiger partial charge on any atom is -0.360 e. The largest absolute Gasteiger partial charge is 0.360 e. The molecule has 30 heavy (non-hydrogen) atoms. The Morgan fingerprint density at radius 2 is 1.87 bits per heavy atom. The number of hydrogen-bond donors (Lipinski definition) is 1. The third-order valence-corrected chi connectivity index (χ3v) is 8.35. The molecule has 0 saturated heterocycles. The molecule has 0 radical (unpaired) electrons. The Morgan fingerprint density at radius 3 is 2.63 bits per heavy atom.